The molecule has 0 unspecified atom stereocenters. The summed E-state index contributed by atoms with van der Waals surface area (Å²) in [6.45, 7) is -0.330. The highest BCUT2D eigenvalue weighted by molar-refractivity contribution is 5.28. The molecule has 0 bridgehead atoms. The molecule has 0 radical (unpaired) electrons. The zero-order valence-electron chi connectivity index (χ0n) is 41.2. The second-order valence-corrected chi connectivity index (χ2v) is 17.6. The van der Waals surface area contributed by atoms with Gasteiger partial charge in [-0.2, -0.15) is 0 Å². The summed E-state index contributed by atoms with van der Waals surface area (Å²) in [4.78, 5) is 0. The van der Waals surface area contributed by atoms with Crippen molar-refractivity contribution >= 4 is 0 Å². The van der Waals surface area contributed by atoms with E-state index in [0.29, 0.717) is 19.8 Å². The van der Waals surface area contributed by atoms with Crippen LogP contribution in [0.5, 0.6) is 17.2 Å². The summed E-state index contributed by atoms with van der Waals surface area (Å²) in [7, 11) is 4.89. The number of ether oxygens (including phenoxy) is 9. The van der Waals surface area contributed by atoms with Crippen LogP contribution in [0.4, 0.5) is 0 Å². The molecule has 3 aliphatic rings. The molecule has 72 heavy (non-hydrogen) atoms. The van der Waals surface area contributed by atoms with Crippen molar-refractivity contribution in [2.45, 2.75) is 150 Å². The molecule has 3 heterocycles. The number of methoxy groups -OCH3 is 3. The van der Waals surface area contributed by atoms with E-state index in [2.05, 4.69) is 0 Å². The van der Waals surface area contributed by atoms with E-state index in [1.807, 2.05) is 72.8 Å². The van der Waals surface area contributed by atoms with Gasteiger partial charge in [0.15, 0.2) is 18.9 Å². The van der Waals surface area contributed by atoms with Gasteiger partial charge in [-0.1, -0.05) is 36.4 Å². The highest BCUT2D eigenvalue weighted by Crippen LogP contribution is 2.25. The molecule has 3 aromatic rings. The van der Waals surface area contributed by atoms with Gasteiger partial charge in [-0.25, -0.2) is 0 Å². The lowest BCUT2D eigenvalue weighted by Gasteiger charge is -2.39. The highest BCUT2D eigenvalue weighted by atomic mass is 16.7. The van der Waals surface area contributed by atoms with Crippen molar-refractivity contribution in [3.63, 3.8) is 0 Å². The third-order valence-corrected chi connectivity index (χ3v) is 12.4. The Morgan fingerprint density at radius 2 is 0.569 bits per heavy atom. The summed E-state index contributed by atoms with van der Waals surface area (Å²) >= 11 is 0. The van der Waals surface area contributed by atoms with E-state index in [0.717, 1.165) is 75.0 Å². The number of aliphatic hydroxyl groups is 12. The first-order chi connectivity index (χ1) is 34.7. The molecule has 3 aromatic carbocycles. The first-order valence-electron chi connectivity index (χ1n) is 24.3. The molecule has 3 aliphatic heterocycles. The molecule has 408 valence electrons. The lowest BCUT2D eigenvalue weighted by atomic mass is 9.99. The van der Waals surface area contributed by atoms with Gasteiger partial charge in [0.1, 0.15) is 90.5 Å². The van der Waals surface area contributed by atoms with Gasteiger partial charge in [-0.3, -0.25) is 0 Å². The number of hydrogen-bond acceptors (Lipinski definition) is 21. The molecule has 3 fully saturated rings. The van der Waals surface area contributed by atoms with Crippen LogP contribution in [0.1, 0.15) is 55.2 Å². The lowest BCUT2D eigenvalue weighted by Crippen LogP contribution is -2.59. The second kappa shape index (κ2) is 32.6. The molecule has 3 saturated heterocycles. The predicted molar refractivity (Wildman–Crippen MR) is 257 cm³/mol. The van der Waals surface area contributed by atoms with Crippen LogP contribution in [-0.2, 0) is 47.7 Å². The van der Waals surface area contributed by atoms with E-state index >= 15 is 0 Å². The molecule has 0 spiro atoms. The van der Waals surface area contributed by atoms with E-state index in [9.17, 15) is 46.0 Å². The van der Waals surface area contributed by atoms with Crippen LogP contribution in [0.3, 0.4) is 0 Å². The van der Waals surface area contributed by atoms with Gasteiger partial charge in [0.25, 0.3) is 0 Å². The Morgan fingerprint density at radius 3 is 0.778 bits per heavy atom. The first-order valence-corrected chi connectivity index (χ1v) is 24.3. The van der Waals surface area contributed by atoms with Crippen molar-refractivity contribution < 1.29 is 104 Å². The molecule has 21 nitrogen and oxygen atoms in total. The molecular weight excluding hydrogens is 949 g/mol. The Bertz CT molecular complexity index is 1640. The van der Waals surface area contributed by atoms with Gasteiger partial charge >= 0.3 is 0 Å². The van der Waals surface area contributed by atoms with E-state index in [4.69, 9.17) is 58.0 Å². The maximum Gasteiger partial charge on any atom is 0.186 e. The normalized spacial score (nSPS) is 30.3. The van der Waals surface area contributed by atoms with Gasteiger partial charge in [-0.05, 0) is 111 Å². The zero-order chi connectivity index (χ0) is 52.6. The van der Waals surface area contributed by atoms with E-state index in [-0.39, 0.29) is 0 Å². The Hall–Kier alpha value is -3.66. The quantitative estimate of drug-likeness (QED) is 0.0504. The molecule has 0 amide bonds. The average Bonchev–Trinajstić information content (AvgIpc) is 3.41. The highest BCUT2D eigenvalue weighted by Gasteiger charge is 2.46. The fourth-order valence-electron chi connectivity index (χ4n) is 7.88. The van der Waals surface area contributed by atoms with Gasteiger partial charge in [-0.15, -0.1) is 0 Å². The van der Waals surface area contributed by atoms with E-state index < -0.39 is 112 Å². The summed E-state index contributed by atoms with van der Waals surface area (Å²) in [6.07, 6.45) is -10.7. The monoisotopic (exact) mass is 1030 g/mol. The van der Waals surface area contributed by atoms with Crippen molar-refractivity contribution in [2.75, 3.05) is 61.0 Å². The van der Waals surface area contributed by atoms with Crippen molar-refractivity contribution in [1.82, 2.24) is 0 Å². The van der Waals surface area contributed by atoms with Crippen LogP contribution in [-0.4, -0.2) is 214 Å². The Labute approximate surface area is 420 Å². The maximum atomic E-state index is 9.85. The fourth-order valence-corrected chi connectivity index (χ4v) is 7.88. The number of unbranched alkanes of at least 4 members (excludes halogenated alkanes) is 3. The Balaban J connectivity index is 0.000000234. The van der Waals surface area contributed by atoms with E-state index in [1.165, 1.54) is 16.7 Å². The summed E-state index contributed by atoms with van der Waals surface area (Å²) < 4.78 is 47.5. The fraction of sp³-hybridized carbons (Fsp3) is 0.647. The number of hydrogen-bond donors (Lipinski definition) is 12. The van der Waals surface area contributed by atoms with Gasteiger partial charge in [0.2, 0.25) is 0 Å². The Kier molecular flexibility index (Phi) is 27.6. The van der Waals surface area contributed by atoms with Crippen LogP contribution in [0.2, 0.25) is 0 Å². The molecule has 0 saturated carbocycles. The smallest absolute Gasteiger partial charge is 0.186 e. The maximum absolute atomic E-state index is 9.85. The van der Waals surface area contributed by atoms with Crippen LogP contribution in [0, 0.1) is 0 Å². The zero-order valence-corrected chi connectivity index (χ0v) is 41.2. The van der Waals surface area contributed by atoms with Gasteiger partial charge < -0.3 is 104 Å². The topological polar surface area (TPSA) is 326 Å². The molecule has 0 aliphatic carbocycles. The molecule has 0 aromatic heterocycles. The van der Waals surface area contributed by atoms with Crippen LogP contribution in [0.15, 0.2) is 72.8 Å². The van der Waals surface area contributed by atoms with E-state index in [1.54, 1.807) is 21.3 Å². The van der Waals surface area contributed by atoms with Gasteiger partial charge in [0.05, 0.1) is 41.2 Å². The van der Waals surface area contributed by atoms with Crippen molar-refractivity contribution in [1.29, 1.82) is 0 Å². The van der Waals surface area contributed by atoms with Crippen molar-refractivity contribution in [3.05, 3.63) is 89.5 Å². The summed E-state index contributed by atoms with van der Waals surface area (Å²) in [5, 5.41) is 115. The standard InChI is InChI=1S/3C17H26O7/c3*1-22-12-7-5-11(6-8-12)4-2-3-9-23-17-16(21)15(20)14(19)13(10-18)24-17/h3*5-8,13-21H,2-4,9-10H2,1H3/t13-,14+,15+,16-,17-;2*13-,14-,15+,16-,17-/m110/s1. The predicted octanol–water partition coefficient (Wildman–Crippen LogP) is -0.497. The molecule has 15 atom stereocenters. The SMILES string of the molecule is COc1ccc(CCCCO[C@@H]2O[C@H](CO)[C@@H](O)[C@H](O)[C@H]2O)cc1.COc1ccc(CCCCO[C@@H]2O[C@H](CO)[C@H](O)[C@H](O)[C@H]2O)cc1.COc1ccc(CCCCO[C@H]2O[C@@H](CO)[C@H](O)[C@@H](O)[C@@H]2O)cc1. The molecule has 21 heteroatoms. The summed E-state index contributed by atoms with van der Waals surface area (Å²) in [5.41, 5.74) is 3.59. The van der Waals surface area contributed by atoms with Crippen LogP contribution < -0.4 is 14.2 Å². The lowest BCUT2D eigenvalue weighted by molar-refractivity contribution is -0.301. The molecule has 12 N–H and O–H groups in total. The molecule has 6 rings (SSSR count). The number of aliphatic hydroxyl groups excluding tert-OH is 12. The van der Waals surface area contributed by atoms with Crippen molar-refractivity contribution in [2.24, 2.45) is 0 Å². The first kappa shape index (κ1) is 60.9. The minimum absolute atomic E-state index is 0.346. The second-order valence-electron chi connectivity index (χ2n) is 17.6. The number of benzene rings is 3. The molecular formula is C51H78O21. The third-order valence-electron chi connectivity index (χ3n) is 12.4. The Morgan fingerprint density at radius 1 is 0.333 bits per heavy atom. The van der Waals surface area contributed by atoms with Crippen molar-refractivity contribution in [3.8, 4) is 17.2 Å². The minimum atomic E-state index is -1.40. The minimum Gasteiger partial charge on any atom is -0.497 e. The van der Waals surface area contributed by atoms with Crippen LogP contribution in [0.25, 0.3) is 0 Å². The largest absolute Gasteiger partial charge is 0.497 e. The number of rotatable bonds is 24. The third kappa shape index (κ3) is 18.9. The summed E-state index contributed by atoms with van der Waals surface area (Å²) in [5.74, 6) is 2.47. The average molecular weight is 1030 g/mol. The summed E-state index contributed by atoms with van der Waals surface area (Å²) in [6, 6.07) is 23.6. The van der Waals surface area contributed by atoms with Crippen LogP contribution >= 0.6 is 0 Å². The number of aryl methyl sites for hydroxylation is 3. The van der Waals surface area contributed by atoms with Gasteiger partial charge in [0, 0.05) is 19.8 Å².